The van der Waals surface area contributed by atoms with Gasteiger partial charge in [-0.05, 0) is 39.9 Å². The Bertz CT molecular complexity index is 470. The molecule has 1 aromatic heterocycles. The molecule has 2 nitrogen and oxygen atoms in total. The van der Waals surface area contributed by atoms with Gasteiger partial charge in [0.05, 0.1) is 0 Å². The summed E-state index contributed by atoms with van der Waals surface area (Å²) >= 11 is 5.01. The molecule has 0 radical (unpaired) electrons. The molecule has 0 saturated heterocycles. The number of aromatic nitrogens is 2. The van der Waals surface area contributed by atoms with Crippen LogP contribution in [0.3, 0.4) is 0 Å². The molecule has 0 atom stereocenters. The monoisotopic (exact) mass is 280 g/mol. The summed E-state index contributed by atoms with van der Waals surface area (Å²) in [6, 6.07) is 8.64. The average Bonchev–Trinajstić information content (AvgIpc) is 2.82. The highest BCUT2D eigenvalue weighted by Crippen LogP contribution is 2.35. The van der Waals surface area contributed by atoms with Crippen molar-refractivity contribution in [1.82, 2.24) is 10.2 Å². The molecule has 2 aromatic rings. The fourth-order valence-corrected chi connectivity index (χ4v) is 3.36. The van der Waals surface area contributed by atoms with E-state index in [1.807, 2.05) is 0 Å². The topological polar surface area (TPSA) is 25.8 Å². The van der Waals surface area contributed by atoms with E-state index in [1.165, 1.54) is 11.1 Å². The fraction of sp³-hybridized carbons (Fsp3) is 0.273. The van der Waals surface area contributed by atoms with Crippen molar-refractivity contribution in [3.8, 4) is 0 Å². The lowest BCUT2D eigenvalue weighted by Gasteiger charge is -2.01. The molecule has 0 bridgehead atoms. The zero-order valence-electron chi connectivity index (χ0n) is 7.98. The number of hydrogen-bond donors (Lipinski definition) is 0. The van der Waals surface area contributed by atoms with Crippen molar-refractivity contribution < 1.29 is 0 Å². The molecule has 15 heavy (non-hydrogen) atoms. The van der Waals surface area contributed by atoms with Crippen molar-refractivity contribution in [1.29, 1.82) is 0 Å². The van der Waals surface area contributed by atoms with Crippen LogP contribution < -0.4 is 0 Å². The maximum atomic E-state index is 4.20. The number of nitrogens with zero attached hydrogens (tertiary/aromatic N) is 2. The third-order valence-corrected chi connectivity index (χ3v) is 4.33. The second-order valence-electron chi connectivity index (χ2n) is 3.77. The number of benzene rings is 1. The lowest BCUT2D eigenvalue weighted by Crippen LogP contribution is -1.96. The Morgan fingerprint density at radius 2 is 1.80 bits per heavy atom. The highest BCUT2D eigenvalue weighted by Gasteiger charge is 2.25. The maximum absolute atomic E-state index is 4.20. The van der Waals surface area contributed by atoms with E-state index in [0.29, 0.717) is 5.92 Å². The maximum Gasteiger partial charge on any atom is 0.183 e. The average molecular weight is 281 g/mol. The van der Waals surface area contributed by atoms with Gasteiger partial charge >= 0.3 is 0 Å². The van der Waals surface area contributed by atoms with Crippen LogP contribution in [0.5, 0.6) is 0 Å². The third-order valence-electron chi connectivity index (χ3n) is 2.82. The highest BCUT2D eigenvalue weighted by atomic mass is 79.9. The Balaban J connectivity index is 1.90. The number of hydrogen-bond acceptors (Lipinski definition) is 3. The lowest BCUT2D eigenvalue weighted by atomic mass is 10.1. The van der Waals surface area contributed by atoms with E-state index in [0.717, 1.165) is 21.8 Å². The van der Waals surface area contributed by atoms with Gasteiger partial charge in [-0.25, -0.2) is 0 Å². The normalized spacial score (nSPS) is 15.5. The van der Waals surface area contributed by atoms with Crippen molar-refractivity contribution in [2.75, 3.05) is 0 Å². The van der Waals surface area contributed by atoms with Gasteiger partial charge in [-0.2, -0.15) is 0 Å². The first-order valence-electron chi connectivity index (χ1n) is 4.88. The van der Waals surface area contributed by atoms with Crippen LogP contribution in [0.4, 0.5) is 0 Å². The molecule has 0 amide bonds. The van der Waals surface area contributed by atoms with Gasteiger partial charge in [-0.15, -0.1) is 10.2 Å². The fourth-order valence-electron chi connectivity index (χ4n) is 2.11. The summed E-state index contributed by atoms with van der Waals surface area (Å²) in [5, 5.41) is 9.36. The molecule has 0 N–H and O–H groups in total. The molecular weight excluding hydrogens is 272 g/mol. The molecule has 0 aliphatic heterocycles. The third kappa shape index (κ3) is 1.72. The smallest absolute Gasteiger partial charge is 0.142 e. The second-order valence-corrected chi connectivity index (χ2v) is 6.05. The predicted molar refractivity (Wildman–Crippen MR) is 64.2 cm³/mol. The molecule has 3 rings (SSSR count). The molecule has 4 heteroatoms. The molecular formula is C11H9BrN2S. The van der Waals surface area contributed by atoms with E-state index < -0.39 is 0 Å². The van der Waals surface area contributed by atoms with E-state index in [9.17, 15) is 0 Å². The number of fused-ring (bicyclic) bond motifs is 1. The number of halogens is 1. The van der Waals surface area contributed by atoms with Crippen LogP contribution >= 0.6 is 27.3 Å². The Morgan fingerprint density at radius 3 is 2.33 bits per heavy atom. The van der Waals surface area contributed by atoms with Gasteiger partial charge in [-0.3, -0.25) is 0 Å². The highest BCUT2D eigenvalue weighted by molar-refractivity contribution is 9.11. The van der Waals surface area contributed by atoms with Crippen LogP contribution in [-0.2, 0) is 12.8 Å². The van der Waals surface area contributed by atoms with Crippen LogP contribution in [0.1, 0.15) is 22.1 Å². The second kappa shape index (κ2) is 3.68. The molecule has 0 unspecified atom stereocenters. The summed E-state index contributed by atoms with van der Waals surface area (Å²) in [6.07, 6.45) is 2.22. The largest absolute Gasteiger partial charge is 0.183 e. The molecule has 0 fully saturated rings. The summed E-state index contributed by atoms with van der Waals surface area (Å²) < 4.78 is 0.883. The van der Waals surface area contributed by atoms with Crippen molar-refractivity contribution in [3.05, 3.63) is 44.3 Å². The van der Waals surface area contributed by atoms with E-state index in [2.05, 4.69) is 50.4 Å². The zero-order valence-corrected chi connectivity index (χ0v) is 10.4. The first-order valence-corrected chi connectivity index (χ1v) is 6.49. The molecule has 0 spiro atoms. The predicted octanol–water partition coefficient (Wildman–Crippen LogP) is 3.18. The standard InChI is InChI=1S/C11H9BrN2S/c12-11-14-13-10(15-11)9-5-7-3-1-2-4-8(7)6-9/h1-4,9H,5-6H2. The minimum atomic E-state index is 0.534. The summed E-state index contributed by atoms with van der Waals surface area (Å²) in [5.41, 5.74) is 2.93. The van der Waals surface area contributed by atoms with Crippen LogP contribution in [0.15, 0.2) is 28.2 Å². The van der Waals surface area contributed by atoms with Crippen molar-refractivity contribution >= 4 is 27.3 Å². The van der Waals surface area contributed by atoms with E-state index in [-0.39, 0.29) is 0 Å². The minimum absolute atomic E-state index is 0.534. The summed E-state index contributed by atoms with van der Waals surface area (Å²) in [4.78, 5) is 0. The SMILES string of the molecule is Brc1nnc(C2Cc3ccccc3C2)s1. The van der Waals surface area contributed by atoms with Crippen LogP contribution in [0.25, 0.3) is 0 Å². The molecule has 1 heterocycles. The molecule has 1 aliphatic carbocycles. The van der Waals surface area contributed by atoms with Gasteiger partial charge in [0, 0.05) is 5.92 Å². The molecule has 0 saturated carbocycles. The Morgan fingerprint density at radius 1 is 1.13 bits per heavy atom. The molecule has 1 aliphatic rings. The van der Waals surface area contributed by atoms with Gasteiger partial charge in [-0.1, -0.05) is 35.6 Å². The quantitative estimate of drug-likeness (QED) is 0.802. The van der Waals surface area contributed by atoms with Gasteiger partial charge in [0.15, 0.2) is 3.92 Å². The van der Waals surface area contributed by atoms with E-state index in [4.69, 9.17) is 0 Å². The van der Waals surface area contributed by atoms with Crippen molar-refractivity contribution in [3.63, 3.8) is 0 Å². The Kier molecular flexibility index (Phi) is 2.33. The lowest BCUT2D eigenvalue weighted by molar-refractivity contribution is 0.720. The Hall–Kier alpha value is -0.740. The van der Waals surface area contributed by atoms with Gasteiger partial charge in [0.25, 0.3) is 0 Å². The zero-order chi connectivity index (χ0) is 10.3. The minimum Gasteiger partial charge on any atom is -0.142 e. The van der Waals surface area contributed by atoms with Gasteiger partial charge in [0.1, 0.15) is 5.01 Å². The van der Waals surface area contributed by atoms with Crippen LogP contribution in [-0.4, -0.2) is 10.2 Å². The Labute approximate surface area is 100 Å². The van der Waals surface area contributed by atoms with Gasteiger partial charge in [0.2, 0.25) is 0 Å². The first-order chi connectivity index (χ1) is 7.33. The van der Waals surface area contributed by atoms with Crippen LogP contribution in [0, 0.1) is 0 Å². The van der Waals surface area contributed by atoms with E-state index in [1.54, 1.807) is 11.3 Å². The first kappa shape index (κ1) is 9.48. The van der Waals surface area contributed by atoms with Crippen LogP contribution in [0.2, 0.25) is 0 Å². The van der Waals surface area contributed by atoms with Crippen molar-refractivity contribution in [2.45, 2.75) is 18.8 Å². The van der Waals surface area contributed by atoms with Crippen molar-refractivity contribution in [2.24, 2.45) is 0 Å². The summed E-state index contributed by atoms with van der Waals surface area (Å²) in [7, 11) is 0. The molecule has 76 valence electrons. The number of rotatable bonds is 1. The molecule has 1 aromatic carbocycles. The summed E-state index contributed by atoms with van der Waals surface area (Å²) in [5.74, 6) is 0.534. The van der Waals surface area contributed by atoms with E-state index >= 15 is 0 Å². The van der Waals surface area contributed by atoms with Gasteiger partial charge < -0.3 is 0 Å². The summed E-state index contributed by atoms with van der Waals surface area (Å²) in [6.45, 7) is 0.